The molecule has 3 aromatic heterocycles. The second-order valence-corrected chi connectivity index (χ2v) is 34.8. The summed E-state index contributed by atoms with van der Waals surface area (Å²) in [5.74, 6) is 54.4. The molecule has 1 atom stereocenters. The van der Waals surface area contributed by atoms with Crippen LogP contribution in [0.2, 0.25) is 13.7 Å². The first kappa shape index (κ1) is 124. The number of nitro benzene ring substituents is 2. The van der Waals surface area contributed by atoms with Gasteiger partial charge in [-0.2, -0.15) is 35.9 Å². The van der Waals surface area contributed by atoms with Gasteiger partial charge in [0.2, 0.25) is 0 Å². The number of carbonyl (C=O) groups excluding carboxylic acids is 3. The number of nitrogens with zero attached hydrogens (tertiary/aromatic N) is 8. The van der Waals surface area contributed by atoms with Crippen molar-refractivity contribution in [1.29, 1.82) is 0 Å². The van der Waals surface area contributed by atoms with E-state index in [2.05, 4.69) is 99.7 Å². The number of aromatic nitrogens is 3. The Balaban J connectivity index is 0.000000414. The van der Waals surface area contributed by atoms with Crippen LogP contribution in [0.5, 0.6) is 17.2 Å². The van der Waals surface area contributed by atoms with Crippen LogP contribution in [0, 0.1) is 47.9 Å². The standard InChI is InChI=1S/C22H39N3O5S.C14H15NO2.C8H8F3NO.C8H10N2O4.C7H8ClNO.C7H6N2O4.C6H12N4O5.C5H5Cl2NOS.C5H7N3O.C5H8N2OS/c1-16-17(2)21(18(3)19-10-11-22(4,5)30-20(16)19)31(26,27)25(29-15-9-12-23)13-7-6-8-14-28-24;15-17-11-13-6-8-14(9-7-13)16-10-12-4-2-1-3-5-12;9-8(10,11)7-3-1-2-6(4-7)5-13-12;1-13-8-3-2-7(10(11)12)4-6(8)5-14-9;8-7-3-1-2-6(4-7)5-10-9;8-13-7(10)5-1-3-6(4-2-5)9(11)12;1-2-13-4-3-9(5(11)14-7)10(4)6(12)15-8;6-4-1-3(2-9-8)5(7)10-4;6-9-4-5-3-7-1-2-8-5;1-4-7-5(2-8-6)3-9-4/h6-15,23-24H2,1-5H3;1-9H,10-11,15H2;1-4H,5,12H2;2-4H,5,9H2,1H3;1-4H,5,9H2;1-4H,8H2;4H,2-3,7-8H2,1H3;1H,2,8H2;1-3H,4,6H2;3H,2,6H2,1H3. The van der Waals surface area contributed by atoms with Crippen molar-refractivity contribution < 1.29 is 123 Å². The number of sulfonamides is 1. The monoisotopic (exact) mass is 2100 g/mol. The van der Waals surface area contributed by atoms with Gasteiger partial charge in [-0.05, 0) is 199 Å². The number of thiophene rings is 1. The number of ether oxygens (including phenoxy) is 4. The van der Waals surface area contributed by atoms with Crippen LogP contribution in [0.15, 0.2) is 181 Å². The fourth-order valence-corrected chi connectivity index (χ4v) is 15.9. The average molecular weight is 2100 g/mol. The number of alkyl halides is 3. The summed E-state index contributed by atoms with van der Waals surface area (Å²) in [6, 6.07) is 40.9. The number of unbranched alkanes of at least 4 members (excludes halogenated alkanes) is 2. The summed E-state index contributed by atoms with van der Waals surface area (Å²) in [6.45, 7) is 17.9. The van der Waals surface area contributed by atoms with Crippen molar-refractivity contribution in [3.63, 3.8) is 0 Å². The minimum Gasteiger partial charge on any atom is -0.496 e. The molecule has 0 saturated carbocycles. The molecule has 2 aliphatic rings. The molecule has 2 amide bonds. The zero-order valence-electron chi connectivity index (χ0n) is 78.2. The normalized spacial score (nSPS) is 12.3. The maximum atomic E-state index is 13.7. The third-order valence-corrected chi connectivity index (χ3v) is 23.2. The van der Waals surface area contributed by atoms with Crippen LogP contribution in [-0.4, -0.2) is 124 Å². The summed E-state index contributed by atoms with van der Waals surface area (Å²) >= 11 is 19.9. The lowest BCUT2D eigenvalue weighted by Gasteiger charge is -2.46. The van der Waals surface area contributed by atoms with Crippen molar-refractivity contribution in [2.45, 2.75) is 163 Å². The summed E-state index contributed by atoms with van der Waals surface area (Å²) in [7, 11) is -2.39. The number of non-ortho nitro benzene ring substituents is 2. The van der Waals surface area contributed by atoms with Crippen molar-refractivity contribution >= 4 is 97.0 Å². The zero-order valence-corrected chi connectivity index (χ0v) is 82.9. The van der Waals surface area contributed by atoms with E-state index < -0.39 is 56.0 Å². The molecule has 776 valence electrons. The first-order valence-electron chi connectivity index (χ1n) is 41.7. The summed E-state index contributed by atoms with van der Waals surface area (Å²) in [6.07, 6.45) is 2.46. The van der Waals surface area contributed by atoms with Gasteiger partial charge in [0.05, 0.1) is 117 Å². The van der Waals surface area contributed by atoms with Crippen LogP contribution in [0.1, 0.15) is 141 Å². The number of nitro groups is 2. The van der Waals surface area contributed by atoms with Crippen LogP contribution in [0.3, 0.4) is 0 Å². The van der Waals surface area contributed by atoms with Crippen LogP contribution in [-0.2, 0) is 138 Å². The number of hydrogen-bond acceptors (Lipinski definition) is 42. The largest absolute Gasteiger partial charge is 0.496 e. The molecular formula is C87H118Cl3F3N20O25S3. The van der Waals surface area contributed by atoms with Gasteiger partial charge in [-0.15, -0.1) is 22.7 Å². The second kappa shape index (κ2) is 68.1. The molecule has 0 aliphatic carbocycles. The van der Waals surface area contributed by atoms with Gasteiger partial charge in [-0.3, -0.25) is 68.9 Å². The lowest BCUT2D eigenvalue weighted by Crippen LogP contribution is -2.69. The molecule has 45 nitrogen and oxygen atoms in total. The minimum atomic E-state index is -4.31. The van der Waals surface area contributed by atoms with Gasteiger partial charge in [0.15, 0.2) is 6.23 Å². The molecule has 7 aromatic carbocycles. The van der Waals surface area contributed by atoms with Crippen molar-refractivity contribution in [2.75, 3.05) is 46.6 Å². The molecule has 1 unspecified atom stereocenters. The Morgan fingerprint density at radius 3 is 1.72 bits per heavy atom. The van der Waals surface area contributed by atoms with Gasteiger partial charge in [0.25, 0.3) is 21.4 Å². The Labute approximate surface area is 834 Å². The molecule has 24 N–H and O–H groups in total. The van der Waals surface area contributed by atoms with E-state index in [9.17, 15) is 56.2 Å². The van der Waals surface area contributed by atoms with Crippen molar-refractivity contribution in [1.82, 2.24) is 29.4 Å². The first-order valence-corrected chi connectivity index (χ1v) is 46.0. The topological polar surface area (TPSA) is 680 Å². The molecule has 2 aliphatic heterocycles. The number of amides is 2. The predicted molar refractivity (Wildman–Crippen MR) is 515 cm³/mol. The quantitative estimate of drug-likeness (QED) is 0.00997. The highest BCUT2D eigenvalue weighted by molar-refractivity contribution is 7.89. The average Bonchev–Trinajstić information content (AvgIpc) is 1.18. The third kappa shape index (κ3) is 45.8. The maximum Gasteiger partial charge on any atom is 0.450 e. The van der Waals surface area contributed by atoms with Crippen LogP contribution >= 0.6 is 57.5 Å². The van der Waals surface area contributed by atoms with Gasteiger partial charge in [-0.1, -0.05) is 106 Å². The van der Waals surface area contributed by atoms with E-state index in [-0.39, 0.29) is 55.4 Å². The minimum absolute atomic E-state index is 0.0159. The Bertz CT molecular complexity index is 5450. The number of hydroxylamine groups is 1. The number of halogens is 6. The Kier molecular flexibility index (Phi) is 59.9. The fourth-order valence-electron chi connectivity index (χ4n) is 11.8. The lowest BCUT2D eigenvalue weighted by molar-refractivity contribution is -0.385. The van der Waals surface area contributed by atoms with E-state index >= 15 is 0 Å². The highest BCUT2D eigenvalue weighted by Crippen LogP contribution is 2.43. The molecule has 12 rings (SSSR count). The van der Waals surface area contributed by atoms with Gasteiger partial charge in [0.1, 0.15) is 42.7 Å². The summed E-state index contributed by atoms with van der Waals surface area (Å²) in [5, 5.41) is 26.1. The van der Waals surface area contributed by atoms with E-state index in [1.165, 1.54) is 73.0 Å². The molecule has 0 bridgehead atoms. The van der Waals surface area contributed by atoms with Crippen molar-refractivity contribution in [3.8, 4) is 17.2 Å². The molecule has 0 radical (unpaired) electrons. The highest BCUT2D eigenvalue weighted by atomic mass is 35.5. The first-order chi connectivity index (χ1) is 67.3. The van der Waals surface area contributed by atoms with Crippen molar-refractivity contribution in [3.05, 3.63) is 293 Å². The molecule has 54 heteroatoms. The Morgan fingerprint density at radius 1 is 0.617 bits per heavy atom. The number of carbonyl (C=O) groups is 3. The summed E-state index contributed by atoms with van der Waals surface area (Å²) < 4.78 is 88.3. The number of nitrogens with two attached hydrogens (primary N) is 12. The molecule has 5 heterocycles. The number of aryl methyl sites for hydroxylation is 1. The van der Waals surface area contributed by atoms with E-state index in [1.54, 1.807) is 42.9 Å². The molecule has 10 aromatic rings. The zero-order chi connectivity index (χ0) is 105. The van der Waals surface area contributed by atoms with Crippen molar-refractivity contribution in [2.24, 2.45) is 70.6 Å². The SMILES string of the molecule is CCOC1CN(C(=O)ON)N1C(=O)ON.COc1ccc([N+](=O)[O-])cc1CON.Cc1c(C)c(S(=O)(=O)N(CCCCCON)OCCCN)c(C)c2c1OC(C)(C)CC2.Cc1nc(CON)cs1.NOC(=O)c1ccc([N+](=O)[O-])cc1.NOCc1cc(Cl)sc1Cl.NOCc1ccc(OCc2ccccc2)cc1.NOCc1cccc(C(F)(F)F)c1.NOCc1cccc(Cl)c1.NOCc1cnccn1. The number of hydrogen-bond donors (Lipinski definition) is 12. The number of thiazole rings is 1. The fraction of sp³-hybridized carbons (Fsp3) is 0.356. The summed E-state index contributed by atoms with van der Waals surface area (Å²) in [5.41, 5.74) is 14.6. The van der Waals surface area contributed by atoms with Crippen LogP contribution in [0.4, 0.5) is 34.1 Å². The lowest BCUT2D eigenvalue weighted by atomic mass is 9.88. The Morgan fingerprint density at radius 2 is 1.20 bits per heavy atom. The van der Waals surface area contributed by atoms with Gasteiger partial charge < -0.3 is 44.0 Å². The third-order valence-electron chi connectivity index (χ3n) is 18.6. The molecule has 1 fully saturated rings. The smallest absolute Gasteiger partial charge is 0.450 e. The van der Waals surface area contributed by atoms with Crippen LogP contribution in [0.25, 0.3) is 0 Å². The number of methoxy groups -OCH3 is 1. The molecular weight excluding hydrogens is 1980 g/mol. The number of fused-ring (bicyclic) bond motifs is 1. The molecule has 0 spiro atoms. The van der Waals surface area contributed by atoms with Crippen LogP contribution < -0.4 is 84.8 Å². The number of rotatable bonds is 35. The Hall–Kier alpha value is -11.2. The van der Waals surface area contributed by atoms with E-state index in [0.717, 1.165) is 119 Å². The molecule has 1 saturated heterocycles. The number of hydrazine groups is 1. The second-order valence-electron chi connectivity index (χ2n) is 29.2. The number of benzene rings is 7. The van der Waals surface area contributed by atoms with E-state index in [0.29, 0.717) is 113 Å². The van der Waals surface area contributed by atoms with Gasteiger partial charge in [0, 0.05) is 71.3 Å². The summed E-state index contributed by atoms with van der Waals surface area (Å²) in [4.78, 5) is 118. The maximum absolute atomic E-state index is 13.7. The highest BCUT2D eigenvalue weighted by Gasteiger charge is 2.46. The van der Waals surface area contributed by atoms with Gasteiger partial charge >= 0.3 is 24.3 Å². The van der Waals surface area contributed by atoms with Gasteiger partial charge in [-0.25, -0.2) is 80.0 Å². The molecule has 141 heavy (non-hydrogen) atoms. The van der Waals surface area contributed by atoms with E-state index in [4.69, 9.17) is 111 Å². The van der Waals surface area contributed by atoms with E-state index in [1.807, 2.05) is 112 Å². The predicted octanol–water partition coefficient (Wildman–Crippen LogP) is 13.2.